The molecular formula is C23H22N2O4S. The highest BCUT2D eigenvalue weighted by Gasteiger charge is 2.29. The molecule has 3 aromatic rings. The van der Waals surface area contributed by atoms with Crippen LogP contribution < -0.4 is 10.2 Å². The van der Waals surface area contributed by atoms with Crippen molar-refractivity contribution in [1.82, 2.24) is 0 Å². The number of carbonyl (C=O) groups is 2. The van der Waals surface area contributed by atoms with Crippen molar-refractivity contribution in [2.45, 2.75) is 19.1 Å². The van der Waals surface area contributed by atoms with Crippen molar-refractivity contribution in [3.05, 3.63) is 71.8 Å². The molecule has 3 aromatic carbocycles. The van der Waals surface area contributed by atoms with E-state index in [1.54, 1.807) is 47.4 Å². The molecule has 4 rings (SSSR count). The van der Waals surface area contributed by atoms with E-state index in [4.69, 9.17) is 0 Å². The molecule has 0 bridgehead atoms. The average Bonchev–Trinajstić information content (AvgIpc) is 3.01. The first-order valence-corrected chi connectivity index (χ1v) is 11.6. The Morgan fingerprint density at radius 2 is 1.77 bits per heavy atom. The minimum Gasteiger partial charge on any atom is -0.325 e. The van der Waals surface area contributed by atoms with E-state index in [1.165, 1.54) is 0 Å². The van der Waals surface area contributed by atoms with E-state index in [9.17, 15) is 18.0 Å². The Balaban J connectivity index is 1.50. The van der Waals surface area contributed by atoms with E-state index in [2.05, 4.69) is 5.32 Å². The highest BCUT2D eigenvalue weighted by atomic mass is 32.2. The quantitative estimate of drug-likeness (QED) is 0.628. The first-order valence-electron chi connectivity index (χ1n) is 9.81. The molecule has 7 heteroatoms. The van der Waals surface area contributed by atoms with Gasteiger partial charge in [-0.05, 0) is 30.7 Å². The molecule has 0 atom stereocenters. The van der Waals surface area contributed by atoms with Crippen LogP contribution in [0.2, 0.25) is 0 Å². The Kier molecular flexibility index (Phi) is 5.30. The third-order valence-electron chi connectivity index (χ3n) is 5.24. The van der Waals surface area contributed by atoms with Crippen molar-refractivity contribution < 1.29 is 18.0 Å². The van der Waals surface area contributed by atoms with Gasteiger partial charge in [0.2, 0.25) is 5.91 Å². The SMILES string of the molecule is CCN1C(=O)c2cccc3c(NC(=O)CCS(=O)(=O)Cc4ccccc4)ccc1c23. The summed E-state index contributed by atoms with van der Waals surface area (Å²) in [4.78, 5) is 26.8. The average molecular weight is 423 g/mol. The van der Waals surface area contributed by atoms with Crippen LogP contribution in [0.5, 0.6) is 0 Å². The van der Waals surface area contributed by atoms with E-state index >= 15 is 0 Å². The highest BCUT2D eigenvalue weighted by Crippen LogP contribution is 2.40. The van der Waals surface area contributed by atoms with E-state index < -0.39 is 9.84 Å². The largest absolute Gasteiger partial charge is 0.325 e. The number of nitrogens with one attached hydrogen (secondary N) is 1. The molecule has 0 radical (unpaired) electrons. The van der Waals surface area contributed by atoms with Gasteiger partial charge in [-0.2, -0.15) is 0 Å². The van der Waals surface area contributed by atoms with Gasteiger partial charge in [-0.3, -0.25) is 9.59 Å². The number of amides is 2. The summed E-state index contributed by atoms with van der Waals surface area (Å²) in [5.41, 5.74) is 2.73. The summed E-state index contributed by atoms with van der Waals surface area (Å²) in [6, 6.07) is 17.9. The fourth-order valence-corrected chi connectivity index (χ4v) is 5.17. The second-order valence-electron chi connectivity index (χ2n) is 7.29. The normalized spacial score (nSPS) is 13.1. The van der Waals surface area contributed by atoms with Crippen LogP contribution in [0.25, 0.3) is 10.8 Å². The molecule has 1 heterocycles. The second-order valence-corrected chi connectivity index (χ2v) is 9.47. The molecule has 2 amide bonds. The Hall–Kier alpha value is -3.19. The van der Waals surface area contributed by atoms with Gasteiger partial charge in [-0.15, -0.1) is 0 Å². The van der Waals surface area contributed by atoms with Crippen LogP contribution in [0.3, 0.4) is 0 Å². The lowest BCUT2D eigenvalue weighted by Crippen LogP contribution is -2.25. The van der Waals surface area contributed by atoms with Crippen molar-refractivity contribution in [3.63, 3.8) is 0 Å². The van der Waals surface area contributed by atoms with Gasteiger partial charge >= 0.3 is 0 Å². The number of hydrogen-bond donors (Lipinski definition) is 1. The lowest BCUT2D eigenvalue weighted by Gasteiger charge is -2.15. The Labute approximate surface area is 175 Å². The van der Waals surface area contributed by atoms with Crippen LogP contribution in [-0.2, 0) is 20.4 Å². The molecule has 154 valence electrons. The minimum absolute atomic E-state index is 0.0476. The van der Waals surface area contributed by atoms with Gasteiger partial charge < -0.3 is 10.2 Å². The summed E-state index contributed by atoms with van der Waals surface area (Å²) in [6.45, 7) is 2.48. The standard InChI is InChI=1S/C23H22N2O4S/c1-2-25-20-12-11-19(17-9-6-10-18(22(17)20)23(25)27)24-21(26)13-14-30(28,29)15-16-7-4-3-5-8-16/h3-12H,2,13-15H2,1H3,(H,24,26). The third-order valence-corrected chi connectivity index (χ3v) is 6.84. The van der Waals surface area contributed by atoms with Crippen molar-refractivity contribution in [2.24, 2.45) is 0 Å². The number of hydrogen-bond acceptors (Lipinski definition) is 4. The van der Waals surface area contributed by atoms with Crippen LogP contribution in [0.1, 0.15) is 29.3 Å². The maximum atomic E-state index is 12.6. The molecule has 0 aromatic heterocycles. The zero-order chi connectivity index (χ0) is 21.3. The van der Waals surface area contributed by atoms with Crippen LogP contribution in [0, 0.1) is 0 Å². The van der Waals surface area contributed by atoms with Crippen LogP contribution in [-0.4, -0.2) is 32.5 Å². The van der Waals surface area contributed by atoms with Crippen molar-refractivity contribution in [3.8, 4) is 0 Å². The molecule has 0 saturated carbocycles. The van der Waals surface area contributed by atoms with Gasteiger partial charge in [-0.25, -0.2) is 8.42 Å². The third kappa shape index (κ3) is 3.80. The monoisotopic (exact) mass is 422 g/mol. The molecule has 0 fully saturated rings. The summed E-state index contributed by atoms with van der Waals surface area (Å²) in [6.07, 6.45) is -0.127. The molecule has 0 spiro atoms. The number of anilines is 2. The van der Waals surface area contributed by atoms with Crippen molar-refractivity contribution in [1.29, 1.82) is 0 Å². The second kappa shape index (κ2) is 7.91. The summed E-state index contributed by atoms with van der Waals surface area (Å²) in [5, 5.41) is 4.41. The Bertz CT molecular complexity index is 1240. The summed E-state index contributed by atoms with van der Waals surface area (Å²) < 4.78 is 24.7. The fourth-order valence-electron chi connectivity index (χ4n) is 3.83. The molecule has 1 aliphatic rings. The van der Waals surface area contributed by atoms with Gasteiger partial charge in [-0.1, -0.05) is 42.5 Å². The number of carbonyl (C=O) groups excluding carboxylic acids is 2. The zero-order valence-corrected chi connectivity index (χ0v) is 17.4. The van der Waals surface area contributed by atoms with E-state index in [1.807, 2.05) is 25.1 Å². The summed E-state index contributed by atoms with van der Waals surface area (Å²) >= 11 is 0. The van der Waals surface area contributed by atoms with E-state index in [0.717, 1.165) is 16.5 Å². The lowest BCUT2D eigenvalue weighted by atomic mass is 10.0. The zero-order valence-electron chi connectivity index (χ0n) is 16.6. The van der Waals surface area contributed by atoms with E-state index in [-0.39, 0.29) is 29.7 Å². The van der Waals surface area contributed by atoms with Gasteiger partial charge in [0.15, 0.2) is 9.84 Å². The summed E-state index contributed by atoms with van der Waals surface area (Å²) in [7, 11) is -3.40. The lowest BCUT2D eigenvalue weighted by molar-refractivity contribution is -0.115. The molecule has 30 heavy (non-hydrogen) atoms. The molecule has 1 aliphatic heterocycles. The van der Waals surface area contributed by atoms with Crippen molar-refractivity contribution >= 4 is 43.8 Å². The Morgan fingerprint density at radius 1 is 1.00 bits per heavy atom. The first-order chi connectivity index (χ1) is 14.4. The predicted octanol–water partition coefficient (Wildman–Crippen LogP) is 3.76. The molecule has 0 unspecified atom stereocenters. The number of benzene rings is 3. The van der Waals surface area contributed by atoms with Gasteiger partial charge in [0.1, 0.15) is 0 Å². The number of nitrogens with zero attached hydrogens (tertiary/aromatic N) is 1. The van der Waals surface area contributed by atoms with Crippen LogP contribution in [0.15, 0.2) is 60.7 Å². The van der Waals surface area contributed by atoms with Gasteiger partial charge in [0, 0.05) is 35.0 Å². The van der Waals surface area contributed by atoms with E-state index in [0.29, 0.717) is 23.4 Å². The predicted molar refractivity (Wildman–Crippen MR) is 118 cm³/mol. The van der Waals surface area contributed by atoms with Crippen molar-refractivity contribution in [2.75, 3.05) is 22.5 Å². The number of rotatable bonds is 7. The molecule has 6 nitrogen and oxygen atoms in total. The molecule has 1 N–H and O–H groups in total. The van der Waals surface area contributed by atoms with Gasteiger partial charge in [0.25, 0.3) is 5.91 Å². The smallest absolute Gasteiger partial charge is 0.258 e. The first kappa shape index (κ1) is 20.1. The maximum absolute atomic E-state index is 12.6. The van der Waals surface area contributed by atoms with Crippen LogP contribution >= 0.6 is 0 Å². The fraction of sp³-hybridized carbons (Fsp3) is 0.217. The molecular weight excluding hydrogens is 400 g/mol. The topological polar surface area (TPSA) is 83.6 Å². The minimum atomic E-state index is -3.40. The highest BCUT2D eigenvalue weighted by molar-refractivity contribution is 7.90. The van der Waals surface area contributed by atoms with Crippen LogP contribution in [0.4, 0.5) is 11.4 Å². The number of sulfone groups is 1. The molecule has 0 saturated heterocycles. The molecule has 0 aliphatic carbocycles. The summed E-state index contributed by atoms with van der Waals surface area (Å²) in [5.74, 6) is -0.730. The van der Waals surface area contributed by atoms with Gasteiger partial charge in [0.05, 0.1) is 17.2 Å². The Morgan fingerprint density at radius 3 is 2.50 bits per heavy atom. The maximum Gasteiger partial charge on any atom is 0.258 e.